The van der Waals surface area contributed by atoms with Crippen LogP contribution in [0.4, 0.5) is 0 Å². The molecule has 0 aliphatic rings. The van der Waals surface area contributed by atoms with Crippen LogP contribution in [0.2, 0.25) is 10.0 Å². The number of aromatic nitrogens is 3. The fourth-order valence-corrected chi connectivity index (χ4v) is 4.91. The Labute approximate surface area is 181 Å². The molecule has 0 N–H and O–H groups in total. The second-order valence-electron chi connectivity index (χ2n) is 7.12. The van der Waals surface area contributed by atoms with E-state index < -0.39 is 0 Å². The molecule has 0 aliphatic heterocycles. The van der Waals surface area contributed by atoms with Crippen molar-refractivity contribution in [2.75, 3.05) is 5.75 Å². The molecule has 1 aromatic carbocycles. The molecule has 2 aromatic heterocycles. The lowest BCUT2D eigenvalue weighted by Gasteiger charge is -2.11. The van der Waals surface area contributed by atoms with E-state index in [9.17, 15) is 0 Å². The highest BCUT2D eigenvalue weighted by atomic mass is 35.5. The number of rotatable bonds is 9. The molecule has 0 bridgehead atoms. The van der Waals surface area contributed by atoms with Crippen LogP contribution in [0.3, 0.4) is 0 Å². The Morgan fingerprint density at radius 3 is 2.68 bits per heavy atom. The van der Waals surface area contributed by atoms with E-state index in [-0.39, 0.29) is 0 Å². The van der Waals surface area contributed by atoms with Crippen molar-refractivity contribution < 1.29 is 0 Å². The van der Waals surface area contributed by atoms with Gasteiger partial charge in [-0.15, -0.1) is 11.8 Å². The molecular formula is C22H27Cl2N3S. The lowest BCUT2D eigenvalue weighted by molar-refractivity contribution is 0.589. The van der Waals surface area contributed by atoms with Gasteiger partial charge in [0.2, 0.25) is 0 Å². The maximum Gasteiger partial charge on any atom is 0.109 e. The van der Waals surface area contributed by atoms with Gasteiger partial charge in [-0.25, -0.2) is 4.98 Å². The molecule has 0 saturated heterocycles. The number of hydrogen-bond acceptors (Lipinski definition) is 3. The van der Waals surface area contributed by atoms with Crippen molar-refractivity contribution in [2.24, 2.45) is 0 Å². The minimum Gasteiger partial charge on any atom is -0.328 e. The average molecular weight is 436 g/mol. The van der Waals surface area contributed by atoms with Crippen molar-refractivity contribution >= 4 is 46.0 Å². The average Bonchev–Trinajstić information content (AvgIpc) is 3.01. The first-order valence-corrected chi connectivity index (χ1v) is 11.6. The lowest BCUT2D eigenvalue weighted by Crippen LogP contribution is -2.05. The monoisotopic (exact) mass is 435 g/mol. The molecule has 3 nitrogen and oxygen atoms in total. The highest BCUT2D eigenvalue weighted by Gasteiger charge is 2.13. The summed E-state index contributed by atoms with van der Waals surface area (Å²) in [4.78, 5) is 10.4. The van der Waals surface area contributed by atoms with Gasteiger partial charge in [0, 0.05) is 28.6 Å². The van der Waals surface area contributed by atoms with Crippen LogP contribution in [0.15, 0.2) is 29.3 Å². The second kappa shape index (κ2) is 10.00. The van der Waals surface area contributed by atoms with Crippen LogP contribution in [-0.4, -0.2) is 20.3 Å². The first kappa shape index (κ1) is 21.5. The SMILES string of the molecule is CCCc1nc2cnc(C)c(C)c2n1CCCCCSc1ccc(Cl)cc1Cl. The largest absolute Gasteiger partial charge is 0.328 e. The standard InChI is InChI=1S/C22H27Cl2N3S/c1-4-8-21-26-19-14-25-16(3)15(2)22(19)27(21)11-6-5-7-12-28-20-10-9-17(23)13-18(20)24/h9-10,13-14H,4-8,11-12H2,1-3H3. The summed E-state index contributed by atoms with van der Waals surface area (Å²) in [5.41, 5.74) is 4.63. The van der Waals surface area contributed by atoms with E-state index in [0.717, 1.165) is 52.7 Å². The number of hydrogen-bond donors (Lipinski definition) is 0. The van der Waals surface area contributed by atoms with Crippen molar-refractivity contribution in [3.63, 3.8) is 0 Å². The van der Waals surface area contributed by atoms with Gasteiger partial charge in [0.05, 0.1) is 16.7 Å². The number of halogens is 2. The van der Waals surface area contributed by atoms with Gasteiger partial charge in [-0.3, -0.25) is 4.98 Å². The number of unbranched alkanes of at least 4 members (excludes halogenated alkanes) is 2. The van der Waals surface area contributed by atoms with Crippen LogP contribution < -0.4 is 0 Å². The molecule has 3 rings (SSSR count). The van der Waals surface area contributed by atoms with E-state index in [4.69, 9.17) is 28.2 Å². The summed E-state index contributed by atoms with van der Waals surface area (Å²) in [6.45, 7) is 7.46. The molecule has 3 aromatic rings. The summed E-state index contributed by atoms with van der Waals surface area (Å²) in [5.74, 6) is 2.26. The van der Waals surface area contributed by atoms with Gasteiger partial charge >= 0.3 is 0 Å². The predicted octanol–water partition coefficient (Wildman–Crippen LogP) is 7.27. The summed E-state index contributed by atoms with van der Waals surface area (Å²) in [5, 5.41) is 1.43. The quantitative estimate of drug-likeness (QED) is 0.261. The minimum absolute atomic E-state index is 0.686. The Kier molecular flexibility index (Phi) is 7.67. The Balaban J connectivity index is 1.57. The Hall–Kier alpha value is -1.23. The van der Waals surface area contributed by atoms with Gasteiger partial charge in [-0.05, 0) is 62.6 Å². The van der Waals surface area contributed by atoms with Gasteiger partial charge < -0.3 is 4.57 Å². The first-order chi connectivity index (χ1) is 13.5. The van der Waals surface area contributed by atoms with Crippen molar-refractivity contribution in [3.05, 3.63) is 51.5 Å². The Morgan fingerprint density at radius 1 is 1.11 bits per heavy atom. The maximum atomic E-state index is 6.25. The number of imidazole rings is 1. The molecular weight excluding hydrogens is 409 g/mol. The maximum absolute atomic E-state index is 6.25. The number of thioether (sulfide) groups is 1. The summed E-state index contributed by atoms with van der Waals surface area (Å²) in [6.07, 6.45) is 7.54. The van der Waals surface area contributed by atoms with Gasteiger partial charge in [0.25, 0.3) is 0 Å². The van der Waals surface area contributed by atoms with Crippen LogP contribution in [0.25, 0.3) is 11.0 Å². The van der Waals surface area contributed by atoms with Crippen LogP contribution in [0.1, 0.15) is 49.7 Å². The fraction of sp³-hybridized carbons (Fsp3) is 0.455. The van der Waals surface area contributed by atoms with Crippen LogP contribution >= 0.6 is 35.0 Å². The second-order valence-corrected chi connectivity index (χ2v) is 9.10. The fourth-order valence-electron chi connectivity index (χ4n) is 3.41. The summed E-state index contributed by atoms with van der Waals surface area (Å²) < 4.78 is 2.42. The molecule has 0 aliphatic carbocycles. The van der Waals surface area contributed by atoms with Gasteiger partial charge in [0.15, 0.2) is 0 Å². The van der Waals surface area contributed by atoms with Crippen LogP contribution in [0.5, 0.6) is 0 Å². The zero-order valence-electron chi connectivity index (χ0n) is 16.8. The number of nitrogens with zero attached hydrogens (tertiary/aromatic N) is 3. The Morgan fingerprint density at radius 2 is 1.93 bits per heavy atom. The normalized spacial score (nSPS) is 11.5. The molecule has 0 amide bonds. The smallest absolute Gasteiger partial charge is 0.109 e. The van der Waals surface area contributed by atoms with Crippen molar-refractivity contribution in [1.29, 1.82) is 0 Å². The van der Waals surface area contributed by atoms with E-state index in [1.165, 1.54) is 29.7 Å². The molecule has 6 heteroatoms. The molecule has 2 heterocycles. The number of benzene rings is 1. The molecule has 0 unspecified atom stereocenters. The van der Waals surface area contributed by atoms with Crippen molar-refractivity contribution in [2.45, 2.75) is 64.3 Å². The summed E-state index contributed by atoms with van der Waals surface area (Å²) in [6, 6.07) is 5.71. The highest BCUT2D eigenvalue weighted by Crippen LogP contribution is 2.30. The van der Waals surface area contributed by atoms with Gasteiger partial charge in [-0.2, -0.15) is 0 Å². The third-order valence-corrected chi connectivity index (χ3v) is 6.82. The van der Waals surface area contributed by atoms with E-state index >= 15 is 0 Å². The zero-order valence-corrected chi connectivity index (χ0v) is 19.1. The highest BCUT2D eigenvalue weighted by molar-refractivity contribution is 7.99. The van der Waals surface area contributed by atoms with E-state index in [2.05, 4.69) is 30.3 Å². The van der Waals surface area contributed by atoms with Crippen molar-refractivity contribution in [1.82, 2.24) is 14.5 Å². The van der Waals surface area contributed by atoms with Crippen LogP contribution in [-0.2, 0) is 13.0 Å². The minimum atomic E-state index is 0.686. The topological polar surface area (TPSA) is 30.7 Å². The Bertz CT molecular complexity index is 953. The molecule has 0 radical (unpaired) electrons. The third-order valence-electron chi connectivity index (χ3n) is 5.00. The molecule has 28 heavy (non-hydrogen) atoms. The first-order valence-electron chi connectivity index (χ1n) is 9.90. The summed E-state index contributed by atoms with van der Waals surface area (Å²) >= 11 is 14.0. The lowest BCUT2D eigenvalue weighted by atomic mass is 10.2. The molecule has 0 fully saturated rings. The van der Waals surface area contributed by atoms with Gasteiger partial charge in [-0.1, -0.05) is 36.5 Å². The molecule has 0 spiro atoms. The third kappa shape index (κ3) is 5.03. The van der Waals surface area contributed by atoms with Gasteiger partial charge in [0.1, 0.15) is 11.3 Å². The number of fused-ring (bicyclic) bond motifs is 1. The van der Waals surface area contributed by atoms with Crippen LogP contribution in [0, 0.1) is 13.8 Å². The molecule has 150 valence electrons. The van der Waals surface area contributed by atoms with Crippen molar-refractivity contribution in [3.8, 4) is 0 Å². The number of aryl methyl sites for hydroxylation is 4. The summed E-state index contributed by atoms with van der Waals surface area (Å²) in [7, 11) is 0. The zero-order chi connectivity index (χ0) is 20.1. The van der Waals surface area contributed by atoms with E-state index in [1.54, 1.807) is 11.8 Å². The molecule has 0 atom stereocenters. The number of pyridine rings is 1. The van der Waals surface area contributed by atoms with E-state index in [1.807, 2.05) is 24.4 Å². The molecule has 0 saturated carbocycles. The van der Waals surface area contributed by atoms with E-state index in [0.29, 0.717) is 5.02 Å². The predicted molar refractivity (Wildman–Crippen MR) is 122 cm³/mol.